The van der Waals surface area contributed by atoms with E-state index in [2.05, 4.69) is 0 Å². The Morgan fingerprint density at radius 2 is 2.10 bits per heavy atom. The maximum atomic E-state index is 13.3. The molecule has 0 atom stereocenters. The molecule has 0 bridgehead atoms. The maximum Gasteiger partial charge on any atom is 0.317 e. The first-order chi connectivity index (χ1) is 9.97. The van der Waals surface area contributed by atoms with Gasteiger partial charge in [0.25, 0.3) is 5.69 Å². The van der Waals surface area contributed by atoms with Crippen molar-refractivity contribution >= 4 is 11.7 Å². The van der Waals surface area contributed by atoms with E-state index in [9.17, 15) is 19.3 Å². The Bertz CT molecular complexity index is 544. The van der Waals surface area contributed by atoms with Crippen LogP contribution in [0, 0.1) is 15.9 Å². The lowest BCUT2D eigenvalue weighted by Crippen LogP contribution is -2.37. The van der Waals surface area contributed by atoms with Crippen LogP contribution in [0.15, 0.2) is 18.2 Å². The predicted molar refractivity (Wildman–Crippen MR) is 73.4 cm³/mol. The first-order valence-corrected chi connectivity index (χ1v) is 6.86. The van der Waals surface area contributed by atoms with E-state index in [-0.39, 0.29) is 30.4 Å². The molecule has 0 heterocycles. The van der Waals surface area contributed by atoms with Gasteiger partial charge in [-0.15, -0.1) is 0 Å². The fourth-order valence-corrected chi connectivity index (χ4v) is 2.83. The number of nitrogens with zero attached hydrogens (tertiary/aromatic N) is 2. The monoisotopic (exact) mass is 296 g/mol. The first kappa shape index (κ1) is 15.4. The Hall–Kier alpha value is -2.02. The second-order valence-electron chi connectivity index (χ2n) is 5.27. The van der Waals surface area contributed by atoms with Crippen molar-refractivity contribution in [2.75, 3.05) is 6.54 Å². The average molecular weight is 296 g/mol. The third-order valence-electron chi connectivity index (χ3n) is 3.79. The van der Waals surface area contributed by atoms with E-state index in [1.807, 2.05) is 0 Å². The van der Waals surface area contributed by atoms with Crippen LogP contribution in [0.2, 0.25) is 0 Å². The summed E-state index contributed by atoms with van der Waals surface area (Å²) in [4.78, 5) is 23.1. The van der Waals surface area contributed by atoms with Crippen molar-refractivity contribution in [3.05, 3.63) is 39.7 Å². The largest absolute Gasteiger partial charge is 0.480 e. The topological polar surface area (TPSA) is 83.7 Å². The average Bonchev–Trinajstić information content (AvgIpc) is 2.90. The maximum absolute atomic E-state index is 13.3. The third-order valence-corrected chi connectivity index (χ3v) is 3.79. The normalized spacial score (nSPS) is 15.5. The van der Waals surface area contributed by atoms with E-state index < -0.39 is 16.7 Å². The van der Waals surface area contributed by atoms with E-state index in [0.717, 1.165) is 43.9 Å². The number of aliphatic carboxylic acids is 1. The van der Waals surface area contributed by atoms with Gasteiger partial charge in [0.15, 0.2) is 0 Å². The molecular formula is C14H17FN2O4. The molecule has 0 spiro atoms. The summed E-state index contributed by atoms with van der Waals surface area (Å²) in [5.74, 6) is -1.54. The molecule has 6 nitrogen and oxygen atoms in total. The summed E-state index contributed by atoms with van der Waals surface area (Å²) in [6.45, 7) is -0.122. The number of carbonyl (C=O) groups is 1. The van der Waals surface area contributed by atoms with Crippen molar-refractivity contribution in [2.24, 2.45) is 0 Å². The van der Waals surface area contributed by atoms with Crippen molar-refractivity contribution in [2.45, 2.75) is 38.3 Å². The highest BCUT2D eigenvalue weighted by atomic mass is 19.1. The second-order valence-corrected chi connectivity index (χ2v) is 5.27. The summed E-state index contributed by atoms with van der Waals surface area (Å²) < 4.78 is 13.3. The summed E-state index contributed by atoms with van der Waals surface area (Å²) in [6, 6.07) is 3.36. The summed E-state index contributed by atoms with van der Waals surface area (Å²) in [5, 5.41) is 20.0. The van der Waals surface area contributed by atoms with Gasteiger partial charge in [-0.3, -0.25) is 19.8 Å². The van der Waals surface area contributed by atoms with Crippen LogP contribution in [-0.2, 0) is 11.3 Å². The highest BCUT2D eigenvalue weighted by Crippen LogP contribution is 2.27. The van der Waals surface area contributed by atoms with Gasteiger partial charge in [0, 0.05) is 24.2 Å². The third kappa shape index (κ3) is 3.98. The number of halogens is 1. The molecule has 1 aliphatic rings. The van der Waals surface area contributed by atoms with Crippen LogP contribution in [0.4, 0.5) is 10.1 Å². The second kappa shape index (κ2) is 6.62. The van der Waals surface area contributed by atoms with E-state index in [4.69, 9.17) is 5.11 Å². The minimum absolute atomic E-state index is 0.0744. The molecule has 1 aliphatic carbocycles. The molecule has 7 heteroatoms. The standard InChI is InChI=1S/C14H17FN2O4/c15-11-5-6-13(17(20)21)10(7-11)8-16(9-14(18)19)12-3-1-2-4-12/h5-7,12H,1-4,8-9H2,(H,18,19). The van der Waals surface area contributed by atoms with Crippen molar-refractivity contribution in [1.82, 2.24) is 4.90 Å². The zero-order chi connectivity index (χ0) is 15.4. The SMILES string of the molecule is O=C(O)CN(Cc1cc(F)ccc1[N+](=O)[O-])C1CCCC1. The minimum Gasteiger partial charge on any atom is -0.480 e. The Kier molecular flexibility index (Phi) is 4.85. The molecule has 0 amide bonds. The zero-order valence-corrected chi connectivity index (χ0v) is 11.5. The molecule has 0 aromatic heterocycles. The Morgan fingerprint density at radius 1 is 1.43 bits per heavy atom. The number of carboxylic acids is 1. The lowest BCUT2D eigenvalue weighted by atomic mass is 10.1. The summed E-state index contributed by atoms with van der Waals surface area (Å²) >= 11 is 0. The van der Waals surface area contributed by atoms with Crippen LogP contribution < -0.4 is 0 Å². The van der Waals surface area contributed by atoms with Crippen molar-refractivity contribution in [3.8, 4) is 0 Å². The van der Waals surface area contributed by atoms with Crippen LogP contribution >= 0.6 is 0 Å². The molecule has 0 aliphatic heterocycles. The van der Waals surface area contributed by atoms with Crippen LogP contribution in [0.25, 0.3) is 0 Å². The molecule has 0 unspecified atom stereocenters. The molecule has 114 valence electrons. The quantitative estimate of drug-likeness (QED) is 0.644. The van der Waals surface area contributed by atoms with Crippen LogP contribution in [-0.4, -0.2) is 33.5 Å². The van der Waals surface area contributed by atoms with Gasteiger partial charge in [-0.05, 0) is 25.0 Å². The fourth-order valence-electron chi connectivity index (χ4n) is 2.83. The van der Waals surface area contributed by atoms with Gasteiger partial charge in [0.1, 0.15) is 5.82 Å². The molecule has 1 aromatic carbocycles. The number of nitro benzene ring substituents is 1. The summed E-state index contributed by atoms with van der Waals surface area (Å²) in [5.41, 5.74) is 0.0398. The van der Waals surface area contributed by atoms with Gasteiger partial charge in [0.2, 0.25) is 0 Å². The molecule has 1 aromatic rings. The molecular weight excluding hydrogens is 279 g/mol. The molecule has 1 saturated carbocycles. The van der Waals surface area contributed by atoms with Crippen LogP contribution in [0.3, 0.4) is 0 Å². The smallest absolute Gasteiger partial charge is 0.317 e. The number of hydrogen-bond donors (Lipinski definition) is 1. The Morgan fingerprint density at radius 3 is 2.67 bits per heavy atom. The fraction of sp³-hybridized carbons (Fsp3) is 0.500. The molecule has 0 saturated heterocycles. The zero-order valence-electron chi connectivity index (χ0n) is 11.5. The van der Waals surface area contributed by atoms with Crippen molar-refractivity contribution in [3.63, 3.8) is 0 Å². The number of hydrogen-bond acceptors (Lipinski definition) is 4. The predicted octanol–water partition coefficient (Wildman–Crippen LogP) is 2.56. The van der Waals surface area contributed by atoms with Gasteiger partial charge in [0.05, 0.1) is 11.5 Å². The highest BCUT2D eigenvalue weighted by molar-refractivity contribution is 5.69. The molecule has 1 fully saturated rings. The lowest BCUT2D eigenvalue weighted by molar-refractivity contribution is -0.385. The lowest BCUT2D eigenvalue weighted by Gasteiger charge is -2.27. The number of rotatable bonds is 6. The summed E-state index contributed by atoms with van der Waals surface area (Å²) in [6.07, 6.45) is 3.78. The highest BCUT2D eigenvalue weighted by Gasteiger charge is 2.26. The van der Waals surface area contributed by atoms with Gasteiger partial charge >= 0.3 is 5.97 Å². The van der Waals surface area contributed by atoms with Crippen LogP contribution in [0.5, 0.6) is 0 Å². The van der Waals surface area contributed by atoms with E-state index in [1.165, 1.54) is 0 Å². The Balaban J connectivity index is 2.24. The molecule has 21 heavy (non-hydrogen) atoms. The van der Waals surface area contributed by atoms with Crippen LogP contribution in [0.1, 0.15) is 31.2 Å². The number of carboxylic acid groups (broad SMARTS) is 1. The van der Waals surface area contributed by atoms with E-state index in [0.29, 0.717) is 0 Å². The number of benzene rings is 1. The minimum atomic E-state index is -0.985. The van der Waals surface area contributed by atoms with Crippen molar-refractivity contribution in [1.29, 1.82) is 0 Å². The molecule has 1 N–H and O–H groups in total. The van der Waals surface area contributed by atoms with Gasteiger partial charge in [-0.25, -0.2) is 4.39 Å². The van der Waals surface area contributed by atoms with Gasteiger partial charge in [-0.1, -0.05) is 12.8 Å². The summed E-state index contributed by atoms with van der Waals surface area (Å²) in [7, 11) is 0. The van der Waals surface area contributed by atoms with Gasteiger partial charge < -0.3 is 5.11 Å². The molecule has 0 radical (unpaired) electrons. The van der Waals surface area contributed by atoms with E-state index >= 15 is 0 Å². The van der Waals surface area contributed by atoms with E-state index in [1.54, 1.807) is 4.90 Å². The molecule has 2 rings (SSSR count). The van der Waals surface area contributed by atoms with Crippen molar-refractivity contribution < 1.29 is 19.2 Å². The number of nitro groups is 1. The first-order valence-electron chi connectivity index (χ1n) is 6.86. The Labute approximate surface area is 121 Å². The van der Waals surface area contributed by atoms with Gasteiger partial charge in [-0.2, -0.15) is 0 Å².